The van der Waals surface area contributed by atoms with Crippen LogP contribution >= 0.6 is 0 Å². The normalized spacial score (nSPS) is 19.1. The molecule has 0 aliphatic carbocycles. The third-order valence-electron chi connectivity index (χ3n) is 5.62. The van der Waals surface area contributed by atoms with Crippen LogP contribution in [0.15, 0.2) is 18.3 Å². The van der Waals surface area contributed by atoms with E-state index in [1.807, 2.05) is 11.0 Å². The lowest BCUT2D eigenvalue weighted by atomic mass is 9.90. The molecule has 0 atom stereocenters. The van der Waals surface area contributed by atoms with Crippen molar-refractivity contribution >= 4 is 23.5 Å². The summed E-state index contributed by atoms with van der Waals surface area (Å²) in [5, 5.41) is 16.3. The Morgan fingerprint density at radius 1 is 1.15 bits per heavy atom. The molecule has 0 bridgehead atoms. The number of carboxylic acid groups (broad SMARTS) is 1. The number of nitrogen functional groups attached to an aromatic ring is 1. The van der Waals surface area contributed by atoms with Crippen LogP contribution in [0, 0.1) is 17.2 Å². The fourth-order valence-corrected chi connectivity index (χ4v) is 3.95. The number of nitrogens with two attached hydrogens (primary N) is 1. The second-order valence-corrected chi connectivity index (χ2v) is 7.45. The van der Waals surface area contributed by atoms with Gasteiger partial charge < -0.3 is 20.6 Å². The van der Waals surface area contributed by atoms with Crippen LogP contribution in [0.5, 0.6) is 0 Å². The number of anilines is 1. The molecule has 4 N–H and O–H groups in total. The lowest BCUT2D eigenvalue weighted by molar-refractivity contribution is -0.139. The average Bonchev–Trinajstić information content (AvgIpc) is 2.68. The molecule has 146 valence electrons. The number of piperidine rings is 2. The minimum absolute atomic E-state index is 0.00507. The molecule has 8 heteroatoms. The van der Waals surface area contributed by atoms with E-state index in [1.54, 1.807) is 12.3 Å². The Morgan fingerprint density at radius 3 is 2.33 bits per heavy atom. The van der Waals surface area contributed by atoms with Gasteiger partial charge in [0.2, 0.25) is 5.91 Å². The topological polar surface area (TPSA) is 124 Å². The van der Waals surface area contributed by atoms with Gasteiger partial charge in [0.15, 0.2) is 0 Å². The van der Waals surface area contributed by atoms with E-state index in [4.69, 9.17) is 16.2 Å². The molecule has 8 nitrogen and oxygen atoms in total. The fourth-order valence-electron chi connectivity index (χ4n) is 3.95. The molecule has 27 heavy (non-hydrogen) atoms. The van der Waals surface area contributed by atoms with Crippen molar-refractivity contribution in [2.24, 2.45) is 17.6 Å². The van der Waals surface area contributed by atoms with Crippen LogP contribution in [0.1, 0.15) is 37.7 Å². The largest absolute Gasteiger partial charge is 0.481 e. The highest BCUT2D eigenvalue weighted by Crippen LogP contribution is 2.26. The summed E-state index contributed by atoms with van der Waals surface area (Å²) in [5.74, 6) is 0.539. The van der Waals surface area contributed by atoms with Gasteiger partial charge in [0.25, 0.3) is 0 Å². The number of carbonyl (C=O) groups excluding carboxylic acids is 1. The molecule has 3 heterocycles. The fraction of sp³-hybridized carbons (Fsp3) is 0.579. The molecule has 0 aromatic carbocycles. The third kappa shape index (κ3) is 4.75. The number of nitrogens with one attached hydrogen (secondary N) is 1. The summed E-state index contributed by atoms with van der Waals surface area (Å²) in [6.07, 6.45) is 4.96. The van der Waals surface area contributed by atoms with Crippen molar-refractivity contribution < 1.29 is 14.7 Å². The summed E-state index contributed by atoms with van der Waals surface area (Å²) in [6, 6.07) is 3.66. The van der Waals surface area contributed by atoms with Crippen LogP contribution in [0.3, 0.4) is 0 Å². The molecule has 0 radical (unpaired) electrons. The smallest absolute Gasteiger partial charge is 0.303 e. The van der Waals surface area contributed by atoms with Crippen molar-refractivity contribution in [2.45, 2.75) is 32.1 Å². The Morgan fingerprint density at radius 2 is 1.81 bits per heavy atom. The van der Waals surface area contributed by atoms with E-state index >= 15 is 0 Å². The van der Waals surface area contributed by atoms with Crippen molar-refractivity contribution in [3.05, 3.63) is 23.9 Å². The van der Waals surface area contributed by atoms with E-state index < -0.39 is 5.97 Å². The Balaban J connectivity index is 1.48. The van der Waals surface area contributed by atoms with Crippen LogP contribution in [0.25, 0.3) is 0 Å². The van der Waals surface area contributed by atoms with Gasteiger partial charge in [-0.2, -0.15) is 0 Å². The highest BCUT2D eigenvalue weighted by atomic mass is 16.4. The predicted molar refractivity (Wildman–Crippen MR) is 102 cm³/mol. The molecular formula is C19H27N5O3. The Bertz CT molecular complexity index is 690. The van der Waals surface area contributed by atoms with Gasteiger partial charge in [0.05, 0.1) is 0 Å². The van der Waals surface area contributed by atoms with Crippen LogP contribution in [-0.2, 0) is 9.59 Å². The number of amides is 1. The van der Waals surface area contributed by atoms with Gasteiger partial charge in [-0.15, -0.1) is 0 Å². The second-order valence-electron chi connectivity index (χ2n) is 7.45. The maximum absolute atomic E-state index is 12.8. The van der Waals surface area contributed by atoms with Crippen molar-refractivity contribution in [2.75, 3.05) is 31.1 Å². The number of aromatic nitrogens is 1. The quantitative estimate of drug-likeness (QED) is 0.528. The molecule has 2 saturated heterocycles. The second kappa shape index (κ2) is 8.37. The minimum Gasteiger partial charge on any atom is -0.481 e. The maximum atomic E-state index is 12.8. The molecule has 0 spiro atoms. The van der Waals surface area contributed by atoms with Gasteiger partial charge in [-0.25, -0.2) is 4.98 Å². The predicted octanol–water partition coefficient (Wildman–Crippen LogP) is 1.30. The van der Waals surface area contributed by atoms with Crippen molar-refractivity contribution in [3.63, 3.8) is 0 Å². The zero-order chi connectivity index (χ0) is 19.4. The van der Waals surface area contributed by atoms with E-state index in [-0.39, 0.29) is 30.0 Å². The highest BCUT2D eigenvalue weighted by molar-refractivity contribution is 5.94. The van der Waals surface area contributed by atoms with Gasteiger partial charge in [-0.3, -0.25) is 15.0 Å². The van der Waals surface area contributed by atoms with E-state index in [9.17, 15) is 9.59 Å². The summed E-state index contributed by atoms with van der Waals surface area (Å²) in [6.45, 7) is 2.90. The maximum Gasteiger partial charge on any atom is 0.303 e. The molecule has 2 fully saturated rings. The first-order valence-electron chi connectivity index (χ1n) is 9.50. The molecule has 2 aliphatic heterocycles. The van der Waals surface area contributed by atoms with Crippen LogP contribution in [0.4, 0.5) is 5.82 Å². The molecule has 3 rings (SSSR count). The Labute approximate surface area is 158 Å². The van der Waals surface area contributed by atoms with Gasteiger partial charge in [0.1, 0.15) is 11.7 Å². The lowest BCUT2D eigenvalue weighted by Gasteiger charge is -2.37. The molecule has 2 aliphatic rings. The first-order valence-corrected chi connectivity index (χ1v) is 9.50. The SMILES string of the molecule is N=C(N)c1ccc(N2CCC(C(=O)N3CCC(CC(=O)O)CC3)CC2)nc1. The number of hydrogen-bond donors (Lipinski definition) is 3. The average molecular weight is 373 g/mol. The van der Waals surface area contributed by atoms with Crippen LogP contribution in [-0.4, -0.2) is 58.9 Å². The third-order valence-corrected chi connectivity index (χ3v) is 5.62. The molecule has 0 unspecified atom stereocenters. The number of amidine groups is 1. The zero-order valence-corrected chi connectivity index (χ0v) is 15.4. The molecule has 1 amide bonds. The summed E-state index contributed by atoms with van der Waals surface area (Å²) in [4.78, 5) is 32.1. The molecule has 0 saturated carbocycles. The number of nitrogens with zero attached hydrogens (tertiary/aromatic N) is 3. The summed E-state index contributed by atoms with van der Waals surface area (Å²) in [7, 11) is 0. The van der Waals surface area contributed by atoms with Crippen LogP contribution in [0.2, 0.25) is 0 Å². The monoisotopic (exact) mass is 373 g/mol. The van der Waals surface area contributed by atoms with Gasteiger partial charge in [-0.05, 0) is 43.7 Å². The number of aliphatic carboxylic acids is 1. The van der Waals surface area contributed by atoms with Crippen molar-refractivity contribution in [3.8, 4) is 0 Å². The number of carbonyl (C=O) groups is 2. The lowest BCUT2D eigenvalue weighted by Crippen LogP contribution is -2.45. The minimum atomic E-state index is -0.753. The number of carboxylic acids is 1. The first kappa shape index (κ1) is 19.1. The van der Waals surface area contributed by atoms with Gasteiger partial charge in [0, 0.05) is 50.3 Å². The molecule has 1 aromatic rings. The zero-order valence-electron chi connectivity index (χ0n) is 15.4. The van der Waals surface area contributed by atoms with Gasteiger partial charge >= 0.3 is 5.97 Å². The molecular weight excluding hydrogens is 346 g/mol. The van der Waals surface area contributed by atoms with Crippen molar-refractivity contribution in [1.82, 2.24) is 9.88 Å². The van der Waals surface area contributed by atoms with E-state index in [1.165, 1.54) is 0 Å². The highest BCUT2D eigenvalue weighted by Gasteiger charge is 2.31. The number of hydrogen-bond acceptors (Lipinski definition) is 5. The van der Waals surface area contributed by atoms with E-state index in [0.29, 0.717) is 18.7 Å². The summed E-state index contributed by atoms with van der Waals surface area (Å²) >= 11 is 0. The number of pyridine rings is 1. The first-order chi connectivity index (χ1) is 12.9. The van der Waals surface area contributed by atoms with E-state index in [0.717, 1.165) is 44.6 Å². The van der Waals surface area contributed by atoms with Crippen molar-refractivity contribution in [1.29, 1.82) is 5.41 Å². The van der Waals surface area contributed by atoms with E-state index in [2.05, 4.69) is 9.88 Å². The standard InChI is InChI=1S/C19H27N5O3/c20-18(21)15-1-2-16(22-12-15)23-9-5-14(6-10-23)19(27)24-7-3-13(4-8-24)11-17(25)26/h1-2,12-14H,3-11H2,(H3,20,21)(H,25,26). The number of rotatable bonds is 5. The summed E-state index contributed by atoms with van der Waals surface area (Å²) in [5.41, 5.74) is 6.06. The Hall–Kier alpha value is -2.64. The Kier molecular flexibility index (Phi) is 5.93. The summed E-state index contributed by atoms with van der Waals surface area (Å²) < 4.78 is 0. The van der Waals surface area contributed by atoms with Crippen LogP contribution < -0.4 is 10.6 Å². The number of likely N-dealkylation sites (tertiary alicyclic amines) is 1. The molecule has 1 aromatic heterocycles. The van der Waals surface area contributed by atoms with Gasteiger partial charge in [-0.1, -0.05) is 0 Å².